The van der Waals surface area contributed by atoms with Crippen molar-refractivity contribution in [2.45, 2.75) is 37.4 Å². The van der Waals surface area contributed by atoms with Crippen molar-refractivity contribution >= 4 is 0 Å². The second-order valence-corrected chi connectivity index (χ2v) is 8.45. The molecule has 10 nitrogen and oxygen atoms in total. The lowest BCUT2D eigenvalue weighted by molar-refractivity contribution is -0.266. The van der Waals surface area contributed by atoms with Crippen LogP contribution in [0.5, 0.6) is 11.5 Å². The van der Waals surface area contributed by atoms with Crippen molar-refractivity contribution in [3.8, 4) is 11.5 Å². The molecule has 2 heterocycles. The van der Waals surface area contributed by atoms with E-state index in [0.29, 0.717) is 51.8 Å². The van der Waals surface area contributed by atoms with Gasteiger partial charge < -0.3 is 43.0 Å². The summed E-state index contributed by atoms with van der Waals surface area (Å²) >= 11 is 0. The van der Waals surface area contributed by atoms with Crippen molar-refractivity contribution in [1.29, 1.82) is 0 Å². The molecule has 1 aromatic carbocycles. The monoisotopic (exact) mass is 499 g/mol. The number of hydrogen-bond donors (Lipinski definition) is 1. The van der Waals surface area contributed by atoms with E-state index >= 15 is 0 Å². The number of methoxy groups -OCH3 is 2. The third-order valence-corrected chi connectivity index (χ3v) is 6.05. The second kappa shape index (κ2) is 16.3. The quantitative estimate of drug-likeness (QED) is 0.564. The molecule has 4 unspecified atom stereocenters. The summed E-state index contributed by atoms with van der Waals surface area (Å²) in [6.45, 7) is 5.84. The van der Waals surface area contributed by atoms with Crippen molar-refractivity contribution in [3.05, 3.63) is 24.3 Å². The number of aliphatic hydroxyl groups excluding tert-OH is 1. The van der Waals surface area contributed by atoms with Crippen molar-refractivity contribution in [3.63, 3.8) is 0 Å². The van der Waals surface area contributed by atoms with Crippen LogP contribution in [0.1, 0.15) is 12.8 Å². The summed E-state index contributed by atoms with van der Waals surface area (Å²) < 4.78 is 46.9. The van der Waals surface area contributed by atoms with Gasteiger partial charge in [-0.05, 0) is 30.7 Å². The minimum atomic E-state index is -0.413. The van der Waals surface area contributed by atoms with Gasteiger partial charge in [-0.15, -0.1) is 0 Å². The van der Waals surface area contributed by atoms with Gasteiger partial charge in [-0.1, -0.05) is 0 Å². The average Bonchev–Trinajstić information content (AvgIpc) is 2.90. The molecule has 10 heteroatoms. The van der Waals surface area contributed by atoms with Gasteiger partial charge in [0.2, 0.25) is 0 Å². The highest BCUT2D eigenvalue weighted by atomic mass is 16.7. The molecule has 2 saturated heterocycles. The summed E-state index contributed by atoms with van der Waals surface area (Å²) in [6, 6.07) is 7.42. The molecule has 35 heavy (non-hydrogen) atoms. The number of fused-ring (bicyclic) bond motifs is 1. The Labute approximate surface area is 208 Å². The maximum absolute atomic E-state index is 9.13. The summed E-state index contributed by atoms with van der Waals surface area (Å²) in [5.74, 6) is 1.48. The summed E-state index contributed by atoms with van der Waals surface area (Å²) in [5.41, 5.74) is 0. The predicted octanol–water partition coefficient (Wildman–Crippen LogP) is 1.34. The van der Waals surface area contributed by atoms with E-state index in [1.165, 1.54) is 0 Å². The smallest absolute Gasteiger partial charge is 0.160 e. The summed E-state index contributed by atoms with van der Waals surface area (Å²) in [5, 5.41) is 9.13. The van der Waals surface area contributed by atoms with Crippen molar-refractivity contribution in [2.75, 3.05) is 86.7 Å². The summed E-state index contributed by atoms with van der Waals surface area (Å²) in [6.07, 6.45) is -0.0796. The lowest BCUT2D eigenvalue weighted by Gasteiger charge is -2.40. The molecule has 0 amide bonds. The fourth-order valence-corrected chi connectivity index (χ4v) is 4.13. The van der Waals surface area contributed by atoms with Crippen LogP contribution in [0.3, 0.4) is 0 Å². The third kappa shape index (κ3) is 9.82. The van der Waals surface area contributed by atoms with Crippen LogP contribution in [-0.4, -0.2) is 121 Å². The van der Waals surface area contributed by atoms with Crippen LogP contribution in [0.25, 0.3) is 0 Å². The molecule has 200 valence electrons. The van der Waals surface area contributed by atoms with Gasteiger partial charge in [0.15, 0.2) is 6.29 Å². The average molecular weight is 500 g/mol. The van der Waals surface area contributed by atoms with Gasteiger partial charge in [0.05, 0.1) is 52.9 Å². The second-order valence-electron chi connectivity index (χ2n) is 8.45. The van der Waals surface area contributed by atoms with Gasteiger partial charge in [-0.2, -0.15) is 0 Å². The van der Waals surface area contributed by atoms with Crippen LogP contribution in [0, 0.1) is 0 Å². The Hall–Kier alpha value is -1.50. The molecule has 1 aromatic rings. The highest BCUT2D eigenvalue weighted by Gasteiger charge is 2.41. The normalized spacial score (nSPS) is 27.9. The van der Waals surface area contributed by atoms with E-state index in [1.54, 1.807) is 14.2 Å². The largest absolute Gasteiger partial charge is 0.497 e. The first-order valence-corrected chi connectivity index (χ1v) is 12.4. The van der Waals surface area contributed by atoms with Crippen LogP contribution in [0.2, 0.25) is 0 Å². The molecule has 1 N–H and O–H groups in total. The number of hydrogen-bond acceptors (Lipinski definition) is 10. The van der Waals surface area contributed by atoms with E-state index in [-0.39, 0.29) is 31.5 Å². The molecule has 2 aliphatic rings. The fourth-order valence-electron chi connectivity index (χ4n) is 4.13. The summed E-state index contributed by atoms with van der Waals surface area (Å²) in [4.78, 5) is 2.24. The van der Waals surface area contributed by atoms with Gasteiger partial charge in [-0.3, -0.25) is 4.90 Å². The maximum Gasteiger partial charge on any atom is 0.160 e. The first-order valence-electron chi connectivity index (χ1n) is 12.4. The van der Waals surface area contributed by atoms with Crippen molar-refractivity contribution in [2.24, 2.45) is 0 Å². The Bertz CT molecular complexity index is 677. The van der Waals surface area contributed by atoms with Gasteiger partial charge in [0.25, 0.3) is 0 Å². The van der Waals surface area contributed by atoms with Crippen LogP contribution in [0.15, 0.2) is 24.3 Å². The Morgan fingerprint density at radius 2 is 1.60 bits per heavy atom. The number of ether oxygens (including phenoxy) is 8. The zero-order valence-corrected chi connectivity index (χ0v) is 21.0. The molecule has 2 aliphatic heterocycles. The zero-order valence-electron chi connectivity index (χ0n) is 21.0. The standard InChI is InChI=1S/C25H41NO9/c1-28-20-4-6-21(7-5-20)34-19-23-25-22(18-24(29-2)35-23)32-16-14-30-12-9-26(8-3-11-27)10-13-31-15-17-33-25/h4-7,22-25,27H,3,8-19H2,1-2H3. The highest BCUT2D eigenvalue weighted by Crippen LogP contribution is 2.27. The van der Waals surface area contributed by atoms with Gasteiger partial charge in [0.1, 0.15) is 30.3 Å². The lowest BCUT2D eigenvalue weighted by Crippen LogP contribution is -2.53. The van der Waals surface area contributed by atoms with Crippen molar-refractivity contribution < 1.29 is 43.0 Å². The Kier molecular flexibility index (Phi) is 13.1. The summed E-state index contributed by atoms with van der Waals surface area (Å²) in [7, 11) is 3.25. The minimum Gasteiger partial charge on any atom is -0.497 e. The van der Waals surface area contributed by atoms with E-state index < -0.39 is 6.29 Å². The maximum atomic E-state index is 9.13. The molecule has 2 fully saturated rings. The molecular weight excluding hydrogens is 458 g/mol. The fraction of sp³-hybridized carbons (Fsp3) is 0.760. The highest BCUT2D eigenvalue weighted by molar-refractivity contribution is 5.31. The van der Waals surface area contributed by atoms with E-state index in [2.05, 4.69) is 4.90 Å². The third-order valence-electron chi connectivity index (χ3n) is 6.05. The molecule has 0 aliphatic carbocycles. The van der Waals surface area contributed by atoms with Crippen LogP contribution in [0.4, 0.5) is 0 Å². The molecule has 0 aromatic heterocycles. The molecule has 0 bridgehead atoms. The lowest BCUT2D eigenvalue weighted by atomic mass is 10.0. The van der Waals surface area contributed by atoms with E-state index in [4.69, 9.17) is 43.0 Å². The number of aliphatic hydroxyl groups is 1. The number of nitrogens with zero attached hydrogens (tertiary/aromatic N) is 1. The van der Waals surface area contributed by atoms with E-state index in [1.807, 2.05) is 24.3 Å². The topological polar surface area (TPSA) is 97.3 Å². The van der Waals surface area contributed by atoms with Crippen LogP contribution in [-0.2, 0) is 28.4 Å². The number of benzene rings is 1. The molecule has 0 saturated carbocycles. The van der Waals surface area contributed by atoms with Gasteiger partial charge >= 0.3 is 0 Å². The molecule has 0 radical (unpaired) electrons. The first kappa shape index (κ1) is 28.1. The van der Waals surface area contributed by atoms with Crippen LogP contribution >= 0.6 is 0 Å². The minimum absolute atomic E-state index is 0.177. The van der Waals surface area contributed by atoms with Gasteiger partial charge in [0, 0.05) is 39.8 Å². The Morgan fingerprint density at radius 1 is 0.914 bits per heavy atom. The van der Waals surface area contributed by atoms with Crippen molar-refractivity contribution in [1.82, 2.24) is 4.90 Å². The molecule has 0 spiro atoms. The van der Waals surface area contributed by atoms with E-state index in [0.717, 1.165) is 31.8 Å². The molecular formula is C25H41NO9. The first-order chi connectivity index (χ1) is 17.2. The molecule has 4 atom stereocenters. The van der Waals surface area contributed by atoms with E-state index in [9.17, 15) is 0 Å². The predicted molar refractivity (Wildman–Crippen MR) is 128 cm³/mol. The van der Waals surface area contributed by atoms with Crippen LogP contribution < -0.4 is 9.47 Å². The number of rotatable bonds is 8. The SMILES string of the molecule is COc1ccc(OCC2OC(OC)CC3OCCOCCN(CCCO)CCOCCOC32)cc1. The van der Waals surface area contributed by atoms with Gasteiger partial charge in [-0.25, -0.2) is 0 Å². The Morgan fingerprint density at radius 3 is 2.26 bits per heavy atom. The zero-order chi connectivity index (χ0) is 24.7. The molecule has 3 rings (SSSR count). The Balaban J connectivity index is 1.59.